The number of fused-ring (bicyclic) bond motifs is 1. The lowest BCUT2D eigenvalue weighted by atomic mass is 10.0. The highest BCUT2D eigenvalue weighted by molar-refractivity contribution is 7.99. The molecule has 0 saturated carbocycles. The lowest BCUT2D eigenvalue weighted by molar-refractivity contribution is -0.136. The number of benzene rings is 1. The number of hydrogen-bond donors (Lipinski definition) is 1. The van der Waals surface area contributed by atoms with Crippen LogP contribution < -0.4 is 5.32 Å². The van der Waals surface area contributed by atoms with Gasteiger partial charge in [0.2, 0.25) is 11.8 Å². The molecule has 2 aliphatic heterocycles. The summed E-state index contributed by atoms with van der Waals surface area (Å²) in [6.45, 7) is 2.37. The van der Waals surface area contributed by atoms with E-state index in [-0.39, 0.29) is 24.1 Å². The first-order valence-corrected chi connectivity index (χ1v) is 13.3. The largest absolute Gasteiger partial charge is 0.446 e. The van der Waals surface area contributed by atoms with E-state index in [9.17, 15) is 14.4 Å². The standard InChI is InChI=1S/C26H33N3O4S/c1-18-16-27-24(33-18)12-7-5-3-2-4-6-8-15-34-22-11-9-10-19-20(22)17-29(26(19)32)21-13-14-23(30)28-25(21)31/h9-11,16,21H,2-8,12-15,17H2,1H3,(H,28,30,31). The summed E-state index contributed by atoms with van der Waals surface area (Å²) >= 11 is 1.80. The number of thioether (sulfide) groups is 1. The number of nitrogens with one attached hydrogen (secondary N) is 1. The maximum Gasteiger partial charge on any atom is 0.255 e. The van der Waals surface area contributed by atoms with E-state index in [2.05, 4.69) is 16.4 Å². The fraction of sp³-hybridized carbons (Fsp3) is 0.538. The minimum Gasteiger partial charge on any atom is -0.446 e. The van der Waals surface area contributed by atoms with Crippen molar-refractivity contribution in [3.63, 3.8) is 0 Å². The number of imide groups is 1. The van der Waals surface area contributed by atoms with E-state index in [1.54, 1.807) is 22.9 Å². The van der Waals surface area contributed by atoms with Gasteiger partial charge in [-0.3, -0.25) is 19.7 Å². The number of hydrogen-bond acceptors (Lipinski definition) is 6. The van der Waals surface area contributed by atoms with Crippen LogP contribution in [0.2, 0.25) is 0 Å². The summed E-state index contributed by atoms with van der Waals surface area (Å²) in [5, 5.41) is 2.36. The number of amides is 3. The van der Waals surface area contributed by atoms with Gasteiger partial charge in [0.25, 0.3) is 5.91 Å². The quantitative estimate of drug-likeness (QED) is 0.265. The molecular weight excluding hydrogens is 450 g/mol. The minimum absolute atomic E-state index is 0.107. The van der Waals surface area contributed by atoms with Crippen LogP contribution >= 0.6 is 11.8 Å². The highest BCUT2D eigenvalue weighted by Gasteiger charge is 2.39. The zero-order chi connectivity index (χ0) is 23.9. The minimum atomic E-state index is -0.560. The zero-order valence-corrected chi connectivity index (χ0v) is 20.6. The van der Waals surface area contributed by atoms with Gasteiger partial charge in [-0.25, -0.2) is 4.98 Å². The Bertz CT molecular complexity index is 1030. The molecule has 0 radical (unpaired) electrons. The van der Waals surface area contributed by atoms with E-state index >= 15 is 0 Å². The maximum atomic E-state index is 12.9. The first-order valence-electron chi connectivity index (χ1n) is 12.3. The highest BCUT2D eigenvalue weighted by Crippen LogP contribution is 2.34. The Hall–Kier alpha value is -2.61. The van der Waals surface area contributed by atoms with Gasteiger partial charge >= 0.3 is 0 Å². The van der Waals surface area contributed by atoms with E-state index in [1.165, 1.54) is 32.1 Å². The van der Waals surface area contributed by atoms with Crippen LogP contribution in [0.4, 0.5) is 0 Å². The maximum absolute atomic E-state index is 12.9. The lowest BCUT2D eigenvalue weighted by Gasteiger charge is -2.29. The molecule has 1 saturated heterocycles. The second kappa shape index (κ2) is 11.7. The van der Waals surface area contributed by atoms with Gasteiger partial charge in [-0.05, 0) is 49.6 Å². The molecule has 2 aliphatic rings. The van der Waals surface area contributed by atoms with Crippen molar-refractivity contribution in [1.29, 1.82) is 0 Å². The van der Waals surface area contributed by atoms with Gasteiger partial charge in [0.15, 0.2) is 5.89 Å². The molecule has 1 unspecified atom stereocenters. The Morgan fingerprint density at radius 1 is 1.09 bits per heavy atom. The molecule has 7 nitrogen and oxygen atoms in total. The Morgan fingerprint density at radius 3 is 2.59 bits per heavy atom. The molecular formula is C26H33N3O4S. The van der Waals surface area contributed by atoms with E-state index in [1.807, 2.05) is 19.1 Å². The van der Waals surface area contributed by atoms with Crippen LogP contribution in [-0.2, 0) is 22.6 Å². The van der Waals surface area contributed by atoms with Gasteiger partial charge in [-0.2, -0.15) is 0 Å². The van der Waals surface area contributed by atoms with Gasteiger partial charge in [-0.15, -0.1) is 11.8 Å². The second-order valence-electron chi connectivity index (χ2n) is 9.12. The topological polar surface area (TPSA) is 92.5 Å². The molecule has 2 aromatic rings. The molecule has 3 heterocycles. The summed E-state index contributed by atoms with van der Waals surface area (Å²) < 4.78 is 5.51. The van der Waals surface area contributed by atoms with Crippen LogP contribution in [0.5, 0.6) is 0 Å². The Kier molecular flexibility index (Phi) is 8.43. The monoisotopic (exact) mass is 483 g/mol. The van der Waals surface area contributed by atoms with Crippen molar-refractivity contribution < 1.29 is 18.8 Å². The van der Waals surface area contributed by atoms with Gasteiger partial charge in [0.05, 0.1) is 6.20 Å². The number of carbonyl (C=O) groups excluding carboxylic acids is 3. The van der Waals surface area contributed by atoms with Crippen molar-refractivity contribution in [3.05, 3.63) is 47.2 Å². The first-order chi connectivity index (χ1) is 16.5. The molecule has 3 amide bonds. The third kappa shape index (κ3) is 6.09. The molecule has 0 aliphatic carbocycles. The highest BCUT2D eigenvalue weighted by atomic mass is 32.2. The van der Waals surface area contributed by atoms with Crippen LogP contribution in [0, 0.1) is 6.92 Å². The summed E-state index contributed by atoms with van der Waals surface area (Å²) in [7, 11) is 0. The fourth-order valence-corrected chi connectivity index (χ4v) is 5.75. The Balaban J connectivity index is 1.14. The van der Waals surface area contributed by atoms with Crippen molar-refractivity contribution in [2.75, 3.05) is 5.75 Å². The third-order valence-electron chi connectivity index (χ3n) is 6.50. The number of carbonyl (C=O) groups is 3. The number of piperidine rings is 1. The summed E-state index contributed by atoms with van der Waals surface area (Å²) in [6.07, 6.45) is 11.8. The molecule has 1 atom stereocenters. The van der Waals surface area contributed by atoms with Crippen molar-refractivity contribution in [1.82, 2.24) is 15.2 Å². The molecule has 0 bridgehead atoms. The SMILES string of the molecule is Cc1cnc(CCCCCCCCCSc2cccc3c2CN(C2CCC(=O)NC2=O)C3=O)o1. The van der Waals surface area contributed by atoms with Gasteiger partial charge in [-0.1, -0.05) is 38.2 Å². The van der Waals surface area contributed by atoms with E-state index in [0.717, 1.165) is 47.1 Å². The number of nitrogens with zero attached hydrogens (tertiary/aromatic N) is 2. The van der Waals surface area contributed by atoms with Crippen LogP contribution in [0.3, 0.4) is 0 Å². The first kappa shape index (κ1) is 24.5. The van der Waals surface area contributed by atoms with E-state index in [0.29, 0.717) is 18.5 Å². The van der Waals surface area contributed by atoms with Crippen LogP contribution in [0.25, 0.3) is 0 Å². The van der Waals surface area contributed by atoms with Gasteiger partial charge in [0, 0.05) is 29.8 Å². The van der Waals surface area contributed by atoms with Crippen molar-refractivity contribution in [2.45, 2.75) is 88.6 Å². The zero-order valence-electron chi connectivity index (χ0n) is 19.8. The van der Waals surface area contributed by atoms with Gasteiger partial charge in [0.1, 0.15) is 11.8 Å². The van der Waals surface area contributed by atoms with Crippen LogP contribution in [0.15, 0.2) is 33.7 Å². The summed E-state index contributed by atoms with van der Waals surface area (Å²) in [5.41, 5.74) is 1.71. The molecule has 1 fully saturated rings. The molecule has 1 aromatic carbocycles. The molecule has 182 valence electrons. The van der Waals surface area contributed by atoms with Crippen LogP contribution in [-0.4, -0.2) is 39.4 Å². The summed E-state index contributed by atoms with van der Waals surface area (Å²) in [5.74, 6) is 2.02. The number of oxazole rings is 1. The number of rotatable bonds is 12. The summed E-state index contributed by atoms with van der Waals surface area (Å²) in [4.78, 5) is 43.6. The molecule has 1 aromatic heterocycles. The summed E-state index contributed by atoms with van der Waals surface area (Å²) in [6, 6.07) is 5.28. The molecule has 1 N–H and O–H groups in total. The number of aryl methyl sites for hydroxylation is 2. The van der Waals surface area contributed by atoms with Crippen molar-refractivity contribution >= 4 is 29.5 Å². The fourth-order valence-electron chi connectivity index (χ4n) is 4.65. The molecule has 0 spiro atoms. The van der Waals surface area contributed by atoms with E-state index in [4.69, 9.17) is 4.42 Å². The van der Waals surface area contributed by atoms with Crippen molar-refractivity contribution in [2.24, 2.45) is 0 Å². The Labute approximate surface area is 205 Å². The molecule has 4 rings (SSSR count). The van der Waals surface area contributed by atoms with Crippen LogP contribution in [0.1, 0.15) is 85.4 Å². The predicted molar refractivity (Wildman–Crippen MR) is 130 cm³/mol. The van der Waals surface area contributed by atoms with Gasteiger partial charge < -0.3 is 9.32 Å². The number of unbranched alkanes of at least 4 members (excludes halogenated alkanes) is 6. The predicted octanol–water partition coefficient (Wildman–Crippen LogP) is 4.81. The van der Waals surface area contributed by atoms with Crippen molar-refractivity contribution in [3.8, 4) is 0 Å². The lowest BCUT2D eigenvalue weighted by Crippen LogP contribution is -2.52. The van der Waals surface area contributed by atoms with E-state index < -0.39 is 6.04 Å². The average molecular weight is 484 g/mol. The number of aromatic nitrogens is 1. The molecule has 8 heteroatoms. The third-order valence-corrected chi connectivity index (χ3v) is 7.69. The normalized spacial score (nSPS) is 17.9. The second-order valence-corrected chi connectivity index (χ2v) is 10.3. The molecule has 34 heavy (non-hydrogen) atoms. The smallest absolute Gasteiger partial charge is 0.255 e. The Morgan fingerprint density at radius 2 is 1.85 bits per heavy atom. The average Bonchev–Trinajstić information content (AvgIpc) is 3.38.